The van der Waals surface area contributed by atoms with Gasteiger partial charge in [0.1, 0.15) is 127 Å². The zero-order chi connectivity index (χ0) is 93.8. The molecule has 0 radical (unpaired) electrons. The van der Waals surface area contributed by atoms with E-state index in [9.17, 15) is 34.2 Å². The third kappa shape index (κ3) is 20.7. The van der Waals surface area contributed by atoms with Gasteiger partial charge in [0.2, 0.25) is 0 Å². The summed E-state index contributed by atoms with van der Waals surface area (Å²) in [4.78, 5) is 71.7. The lowest BCUT2D eigenvalue weighted by Crippen LogP contribution is -2.46. The third-order valence-electron chi connectivity index (χ3n) is 22.4. The van der Waals surface area contributed by atoms with E-state index in [1.807, 2.05) is 345 Å². The Hall–Kier alpha value is -15.3. The standard InChI is InChI=1S/C41H41NO6.C39H37NO6.C32H31NO5/c1-27(2)31(7)47-29(5)25-45-35-21-17-32(18-22-35)41(33-19-23-36(24-20-33)46-26-30(6)48-40(44)28(3)4)38-16-12-11-15-37(38)39(43)42(41)34-13-9-8-10-14-34;1-6-27(3)45-28(4)25-43-33-21-17-30(18-22-33)39(31-19-23-34(24-20-31)44-26-29(5)46-37(41)7-2)36-16-12-11-15-35(36)38(42)40(39)32-13-9-8-10-14-32;1-22(34)20-37-27-16-12-24(13-17-27)32(25-14-18-28(19-15-25)38-21-23(2)35)30-11-7-6-10-29(30)31(36)33(32)26-8-4-3-5-9-26/h8-24,29-30H,1,3,7,25-26H2,2,4-6H3;6-24,28-29H,1-3,25-26H2,4-5H3;3-19,22-23,34-35H,20-21H2,1-2H3. The van der Waals surface area contributed by atoms with Gasteiger partial charge in [-0.1, -0.05) is 221 Å². The number of fused-ring (bicyclic) bond motifs is 3. The molecule has 3 heterocycles. The number of carbonyl (C=O) groups is 5. The van der Waals surface area contributed by atoms with E-state index in [-0.39, 0.29) is 56.4 Å². The Labute approximate surface area is 771 Å². The number of nitrogens with zero attached hydrogens (tertiary/aromatic N) is 3. The van der Waals surface area contributed by atoms with Crippen molar-refractivity contribution in [2.75, 3.05) is 54.3 Å². The number of aliphatic hydroxyl groups is 2. The molecule has 12 aromatic carbocycles. The Kier molecular flexibility index (Phi) is 30.6. The summed E-state index contributed by atoms with van der Waals surface area (Å²) in [6.45, 7) is 37.8. The fourth-order valence-corrected chi connectivity index (χ4v) is 16.4. The number of esters is 2. The highest BCUT2D eigenvalue weighted by atomic mass is 16.6. The number of para-hydroxylation sites is 3. The summed E-state index contributed by atoms with van der Waals surface area (Å²) in [6, 6.07) is 98.5. The van der Waals surface area contributed by atoms with Gasteiger partial charge in [-0.25, -0.2) is 9.59 Å². The van der Waals surface area contributed by atoms with Crippen LogP contribution in [0.1, 0.15) is 137 Å². The largest absolute Gasteiger partial charge is 0.491 e. The van der Waals surface area contributed by atoms with Crippen molar-refractivity contribution in [1.82, 2.24) is 0 Å². The molecule has 20 nitrogen and oxygen atoms in total. The van der Waals surface area contributed by atoms with Crippen LogP contribution in [0, 0.1) is 0 Å². The third-order valence-corrected chi connectivity index (χ3v) is 22.4. The van der Waals surface area contributed by atoms with Crippen LogP contribution in [0.3, 0.4) is 0 Å². The van der Waals surface area contributed by atoms with Crippen LogP contribution in [-0.2, 0) is 45.2 Å². The normalized spacial score (nSPS) is 16.9. The number of aliphatic hydroxyl groups excluding tert-OH is 2. The molecule has 0 aliphatic carbocycles. The van der Waals surface area contributed by atoms with E-state index in [1.165, 1.54) is 0 Å². The van der Waals surface area contributed by atoms with Gasteiger partial charge in [0, 0.05) is 45.4 Å². The van der Waals surface area contributed by atoms with Crippen molar-refractivity contribution in [3.8, 4) is 34.5 Å². The first-order valence-electron chi connectivity index (χ1n) is 43.6. The highest BCUT2D eigenvalue weighted by Gasteiger charge is 2.56. The van der Waals surface area contributed by atoms with Gasteiger partial charge in [-0.3, -0.25) is 29.1 Å². The Balaban J connectivity index is 0.000000169. The molecule has 2 N–H and O–H groups in total. The zero-order valence-corrected chi connectivity index (χ0v) is 75.4. The molecule has 674 valence electrons. The number of ether oxygens (including phenoxy) is 10. The van der Waals surface area contributed by atoms with Crippen molar-refractivity contribution in [3.63, 3.8) is 0 Å². The second-order valence-corrected chi connectivity index (χ2v) is 32.6. The lowest BCUT2D eigenvalue weighted by atomic mass is 9.76. The molecule has 12 aromatic rings. The number of rotatable bonds is 37. The van der Waals surface area contributed by atoms with Crippen LogP contribution in [-0.4, -0.2) is 116 Å². The molecule has 8 unspecified atom stereocenters. The Bertz CT molecular complexity index is 5870. The molecule has 0 bridgehead atoms. The highest BCUT2D eigenvalue weighted by molar-refractivity contribution is 6.16. The lowest BCUT2D eigenvalue weighted by Gasteiger charge is -2.40. The maximum absolute atomic E-state index is 14.3. The summed E-state index contributed by atoms with van der Waals surface area (Å²) >= 11 is 0. The van der Waals surface area contributed by atoms with Crippen LogP contribution in [0.4, 0.5) is 17.1 Å². The van der Waals surface area contributed by atoms with Crippen molar-refractivity contribution < 1.29 is 81.6 Å². The Morgan fingerprint density at radius 3 is 0.803 bits per heavy atom. The molecule has 0 aromatic heterocycles. The molecule has 3 amide bonds. The quantitative estimate of drug-likeness (QED) is 0.0160. The number of carbonyl (C=O) groups excluding carboxylic acids is 5. The molecule has 8 atom stereocenters. The summed E-state index contributed by atoms with van der Waals surface area (Å²) in [6.07, 6.45) is 0.154. The number of benzene rings is 12. The maximum Gasteiger partial charge on any atom is 0.333 e. The Morgan fingerprint density at radius 2 is 0.553 bits per heavy atom. The van der Waals surface area contributed by atoms with Crippen LogP contribution in [0.5, 0.6) is 34.5 Å². The summed E-state index contributed by atoms with van der Waals surface area (Å²) in [7, 11) is 0. The van der Waals surface area contributed by atoms with Crippen molar-refractivity contribution in [2.45, 2.75) is 109 Å². The van der Waals surface area contributed by atoms with Gasteiger partial charge in [-0.05, 0) is 245 Å². The van der Waals surface area contributed by atoms with E-state index in [4.69, 9.17) is 47.4 Å². The van der Waals surface area contributed by atoms with Crippen LogP contribution in [0.15, 0.2) is 384 Å². The van der Waals surface area contributed by atoms with Crippen molar-refractivity contribution in [2.24, 2.45) is 0 Å². The molecule has 132 heavy (non-hydrogen) atoms. The number of anilines is 3. The SMILES string of the molecule is C=C(C)C(=C)OC(C)COc1ccc(C2(c3ccc(OCC(C)OC(=O)C(=C)C)cc3)c3ccccc3C(=O)N2c2ccccc2)cc1.C=CC(=C)OC(C)COc1ccc(C2(c3ccc(OCC(C)OC(=O)C=C)cc3)c3ccccc3C(=O)N2c2ccccc2)cc1.CC(O)COc1ccc(C2(c3ccc(OCC(C)O)cc3)c3ccccc3C(=O)N2c2ccccc2)cc1. The first kappa shape index (κ1) is 94.4. The van der Waals surface area contributed by atoms with E-state index in [0.29, 0.717) is 81.5 Å². The average molecular weight is 1770 g/mol. The highest BCUT2D eigenvalue weighted by Crippen LogP contribution is 2.55. The second-order valence-electron chi connectivity index (χ2n) is 32.6. The van der Waals surface area contributed by atoms with Gasteiger partial charge >= 0.3 is 11.9 Å². The summed E-state index contributed by atoms with van der Waals surface area (Å²) < 4.78 is 57.5. The fraction of sp³-hybridized carbons (Fsp3) is 0.205. The zero-order valence-electron chi connectivity index (χ0n) is 75.4. The minimum atomic E-state index is -1.01. The molecule has 3 aliphatic heterocycles. The summed E-state index contributed by atoms with van der Waals surface area (Å²) in [5, 5.41) is 19.3. The van der Waals surface area contributed by atoms with E-state index < -0.39 is 53.0 Å². The smallest absolute Gasteiger partial charge is 0.333 e. The molecule has 0 spiro atoms. The lowest BCUT2D eigenvalue weighted by molar-refractivity contribution is -0.145. The summed E-state index contributed by atoms with van der Waals surface area (Å²) in [5.41, 5.74) is 10.2. The fourth-order valence-electron chi connectivity index (χ4n) is 16.4. The number of amides is 3. The van der Waals surface area contributed by atoms with Gasteiger partial charge < -0.3 is 57.6 Å². The minimum absolute atomic E-state index is 0.0873. The number of hydrogen-bond acceptors (Lipinski definition) is 17. The predicted molar refractivity (Wildman–Crippen MR) is 514 cm³/mol. The molecule has 0 saturated carbocycles. The Morgan fingerprint density at radius 1 is 0.311 bits per heavy atom. The topological polar surface area (TPSA) is 228 Å². The molecule has 3 aliphatic rings. The van der Waals surface area contributed by atoms with Crippen molar-refractivity contribution >= 4 is 46.7 Å². The molecule has 15 rings (SSSR count). The first-order valence-corrected chi connectivity index (χ1v) is 43.6. The van der Waals surface area contributed by atoms with Crippen molar-refractivity contribution in [1.29, 1.82) is 0 Å². The average Bonchev–Trinajstić information content (AvgIpc) is 1.55. The van der Waals surface area contributed by atoms with Gasteiger partial charge in [-0.2, -0.15) is 0 Å². The molecular weight excluding hydrogens is 1660 g/mol. The van der Waals surface area contributed by atoms with Gasteiger partial charge in [0.05, 0.1) is 12.2 Å². The number of hydrogen-bond donors (Lipinski definition) is 2. The monoisotopic (exact) mass is 1770 g/mol. The van der Waals surface area contributed by atoms with E-state index in [0.717, 1.165) is 78.8 Å². The van der Waals surface area contributed by atoms with E-state index >= 15 is 0 Å². The van der Waals surface area contributed by atoms with E-state index in [2.05, 4.69) is 39.5 Å². The van der Waals surface area contributed by atoms with Crippen LogP contribution >= 0.6 is 0 Å². The van der Waals surface area contributed by atoms with E-state index in [1.54, 1.807) is 40.7 Å². The van der Waals surface area contributed by atoms with Gasteiger partial charge in [-0.15, -0.1) is 0 Å². The summed E-state index contributed by atoms with van der Waals surface area (Å²) in [5.74, 6) is 3.57. The van der Waals surface area contributed by atoms with Gasteiger partial charge in [0.15, 0.2) is 0 Å². The maximum atomic E-state index is 14.3. The molecular formula is C112H109N3O17. The number of allylic oxidation sites excluding steroid dienone is 2. The first-order chi connectivity index (χ1) is 63.7. The molecule has 20 heteroatoms. The minimum Gasteiger partial charge on any atom is -0.491 e. The predicted octanol–water partition coefficient (Wildman–Crippen LogP) is 21.2. The molecule has 0 fully saturated rings. The van der Waals surface area contributed by atoms with Crippen LogP contribution < -0.4 is 43.1 Å². The van der Waals surface area contributed by atoms with Crippen LogP contribution in [0.2, 0.25) is 0 Å². The van der Waals surface area contributed by atoms with Crippen LogP contribution in [0.25, 0.3) is 0 Å². The van der Waals surface area contributed by atoms with Gasteiger partial charge in [0.25, 0.3) is 17.7 Å². The second kappa shape index (κ2) is 42.8. The molecule has 0 saturated heterocycles. The van der Waals surface area contributed by atoms with Crippen molar-refractivity contribution in [3.05, 3.63) is 450 Å².